The van der Waals surface area contributed by atoms with Crippen LogP contribution in [0.4, 0.5) is 0 Å². The standard InChI is InChI=1S/C9H14N2O3/c1-4-11-6(3)10-5(2)7(8(11)12)9(13)14/h9,13-14H,4H2,1-3H3. The normalized spacial score (nSPS) is 11.0. The first-order valence-corrected chi connectivity index (χ1v) is 4.43. The first kappa shape index (κ1) is 10.9. The van der Waals surface area contributed by atoms with Crippen LogP contribution < -0.4 is 5.56 Å². The number of aryl methyl sites for hydroxylation is 2. The maximum Gasteiger partial charge on any atom is 0.262 e. The van der Waals surface area contributed by atoms with Gasteiger partial charge in [-0.05, 0) is 20.8 Å². The fraction of sp³-hybridized carbons (Fsp3) is 0.556. The summed E-state index contributed by atoms with van der Waals surface area (Å²) in [5.74, 6) is 0.583. The Labute approximate surface area is 81.7 Å². The SMILES string of the molecule is CCn1c(C)nc(C)c(C(O)O)c1=O. The van der Waals surface area contributed by atoms with Gasteiger partial charge in [0.05, 0.1) is 11.3 Å². The summed E-state index contributed by atoms with van der Waals surface area (Å²) in [4.78, 5) is 15.8. The number of hydrogen-bond donors (Lipinski definition) is 2. The van der Waals surface area contributed by atoms with E-state index < -0.39 is 6.29 Å². The molecule has 0 fully saturated rings. The van der Waals surface area contributed by atoms with Crippen molar-refractivity contribution in [3.8, 4) is 0 Å². The van der Waals surface area contributed by atoms with Crippen molar-refractivity contribution in [2.45, 2.75) is 33.6 Å². The highest BCUT2D eigenvalue weighted by Crippen LogP contribution is 2.08. The number of aliphatic hydroxyl groups excluding tert-OH is 1. The number of hydrogen-bond acceptors (Lipinski definition) is 4. The van der Waals surface area contributed by atoms with E-state index in [2.05, 4.69) is 4.98 Å². The first-order valence-electron chi connectivity index (χ1n) is 4.43. The molecule has 1 rings (SSSR count). The highest BCUT2D eigenvalue weighted by atomic mass is 16.5. The molecule has 78 valence electrons. The van der Waals surface area contributed by atoms with Crippen molar-refractivity contribution in [1.82, 2.24) is 9.55 Å². The average Bonchev–Trinajstić information content (AvgIpc) is 2.02. The predicted octanol–water partition coefficient (Wildman–Crippen LogP) is -0.137. The zero-order valence-corrected chi connectivity index (χ0v) is 8.48. The molecule has 1 heterocycles. The summed E-state index contributed by atoms with van der Waals surface area (Å²) in [6.07, 6.45) is -1.76. The van der Waals surface area contributed by atoms with Crippen LogP contribution >= 0.6 is 0 Å². The predicted molar refractivity (Wildman–Crippen MR) is 50.8 cm³/mol. The van der Waals surface area contributed by atoms with E-state index in [1.54, 1.807) is 20.8 Å². The van der Waals surface area contributed by atoms with Gasteiger partial charge in [0.15, 0.2) is 6.29 Å². The van der Waals surface area contributed by atoms with Crippen molar-refractivity contribution in [3.63, 3.8) is 0 Å². The summed E-state index contributed by atoms with van der Waals surface area (Å²) < 4.78 is 1.40. The largest absolute Gasteiger partial charge is 0.364 e. The third-order valence-corrected chi connectivity index (χ3v) is 2.16. The van der Waals surface area contributed by atoms with Gasteiger partial charge in [-0.15, -0.1) is 0 Å². The molecule has 0 bridgehead atoms. The lowest BCUT2D eigenvalue weighted by atomic mass is 10.2. The molecule has 0 aliphatic carbocycles. The molecule has 14 heavy (non-hydrogen) atoms. The van der Waals surface area contributed by atoms with Crippen LogP contribution in [-0.4, -0.2) is 19.8 Å². The van der Waals surface area contributed by atoms with E-state index >= 15 is 0 Å². The molecule has 5 heteroatoms. The smallest absolute Gasteiger partial charge is 0.262 e. The number of rotatable bonds is 2. The fourth-order valence-corrected chi connectivity index (χ4v) is 1.48. The third kappa shape index (κ3) is 1.69. The van der Waals surface area contributed by atoms with Gasteiger partial charge < -0.3 is 10.2 Å². The molecular weight excluding hydrogens is 184 g/mol. The lowest BCUT2D eigenvalue weighted by Crippen LogP contribution is -2.29. The van der Waals surface area contributed by atoms with Crippen LogP contribution in [0.25, 0.3) is 0 Å². The maximum atomic E-state index is 11.7. The maximum absolute atomic E-state index is 11.7. The van der Waals surface area contributed by atoms with Crippen molar-refractivity contribution in [2.75, 3.05) is 0 Å². The van der Waals surface area contributed by atoms with Crippen LogP contribution in [0.2, 0.25) is 0 Å². The van der Waals surface area contributed by atoms with Gasteiger partial charge in [0.25, 0.3) is 5.56 Å². The van der Waals surface area contributed by atoms with Crippen LogP contribution in [0.1, 0.15) is 30.3 Å². The Kier molecular flexibility index (Phi) is 3.03. The summed E-state index contributed by atoms with van der Waals surface area (Å²) in [5.41, 5.74) is -0.0582. The second kappa shape index (κ2) is 3.89. The van der Waals surface area contributed by atoms with E-state index in [9.17, 15) is 4.79 Å². The molecule has 0 amide bonds. The van der Waals surface area contributed by atoms with Crippen molar-refractivity contribution < 1.29 is 10.2 Å². The Balaban J connectivity index is 3.53. The third-order valence-electron chi connectivity index (χ3n) is 2.16. The molecule has 2 N–H and O–H groups in total. The minimum Gasteiger partial charge on any atom is -0.364 e. The van der Waals surface area contributed by atoms with E-state index in [1.165, 1.54) is 4.57 Å². The van der Waals surface area contributed by atoms with Gasteiger partial charge in [-0.2, -0.15) is 0 Å². The summed E-state index contributed by atoms with van der Waals surface area (Å²) in [6, 6.07) is 0. The number of aliphatic hydroxyl groups is 2. The first-order chi connectivity index (χ1) is 6.49. The van der Waals surface area contributed by atoms with Crippen LogP contribution in [0, 0.1) is 13.8 Å². The molecule has 1 aromatic heterocycles. The van der Waals surface area contributed by atoms with Crippen molar-refractivity contribution in [1.29, 1.82) is 0 Å². The molecular formula is C9H14N2O3. The van der Waals surface area contributed by atoms with Gasteiger partial charge >= 0.3 is 0 Å². The van der Waals surface area contributed by atoms with Crippen molar-refractivity contribution in [2.24, 2.45) is 0 Å². The lowest BCUT2D eigenvalue weighted by molar-refractivity contribution is -0.0446. The lowest BCUT2D eigenvalue weighted by Gasteiger charge is -2.12. The van der Waals surface area contributed by atoms with Crippen molar-refractivity contribution >= 4 is 0 Å². The highest BCUT2D eigenvalue weighted by Gasteiger charge is 2.16. The monoisotopic (exact) mass is 198 g/mol. The molecule has 1 aromatic rings. The van der Waals surface area contributed by atoms with Gasteiger partial charge in [0.1, 0.15) is 5.82 Å². The topological polar surface area (TPSA) is 75.3 Å². The quantitative estimate of drug-likeness (QED) is 0.649. The molecule has 0 saturated carbocycles. The Morgan fingerprint density at radius 1 is 1.43 bits per heavy atom. The molecule has 0 radical (unpaired) electrons. The molecule has 0 aliphatic heterocycles. The minimum absolute atomic E-state index is 0.0440. The highest BCUT2D eigenvalue weighted by molar-refractivity contribution is 5.18. The number of aromatic nitrogens is 2. The summed E-state index contributed by atoms with van der Waals surface area (Å²) in [6.45, 7) is 5.57. The van der Waals surface area contributed by atoms with Crippen LogP contribution in [0.3, 0.4) is 0 Å². The molecule has 0 aliphatic rings. The van der Waals surface area contributed by atoms with Gasteiger partial charge in [-0.25, -0.2) is 4.98 Å². The molecule has 0 unspecified atom stereocenters. The second-order valence-electron chi connectivity index (χ2n) is 3.08. The Morgan fingerprint density at radius 3 is 2.43 bits per heavy atom. The van der Waals surface area contributed by atoms with Gasteiger partial charge in [0.2, 0.25) is 0 Å². The Morgan fingerprint density at radius 2 is 2.00 bits per heavy atom. The van der Waals surface area contributed by atoms with E-state index in [-0.39, 0.29) is 11.1 Å². The van der Waals surface area contributed by atoms with E-state index in [0.717, 1.165) is 0 Å². The molecule has 0 aromatic carbocycles. The average molecular weight is 198 g/mol. The fourth-order valence-electron chi connectivity index (χ4n) is 1.48. The van der Waals surface area contributed by atoms with Gasteiger partial charge in [0, 0.05) is 6.54 Å². The zero-order valence-electron chi connectivity index (χ0n) is 8.48. The minimum atomic E-state index is -1.76. The van der Waals surface area contributed by atoms with Crippen molar-refractivity contribution in [3.05, 3.63) is 27.4 Å². The molecule has 0 atom stereocenters. The zero-order chi connectivity index (χ0) is 10.9. The van der Waals surface area contributed by atoms with E-state index in [4.69, 9.17) is 10.2 Å². The van der Waals surface area contributed by atoms with E-state index in [1.807, 2.05) is 0 Å². The molecule has 5 nitrogen and oxygen atoms in total. The Hall–Kier alpha value is -1.20. The Bertz CT molecular complexity index is 396. The van der Waals surface area contributed by atoms with Gasteiger partial charge in [-0.3, -0.25) is 9.36 Å². The van der Waals surface area contributed by atoms with Crippen LogP contribution in [0.15, 0.2) is 4.79 Å². The summed E-state index contributed by atoms with van der Waals surface area (Å²) in [5, 5.41) is 18.0. The summed E-state index contributed by atoms with van der Waals surface area (Å²) >= 11 is 0. The molecule has 0 spiro atoms. The van der Waals surface area contributed by atoms with Crippen LogP contribution in [0.5, 0.6) is 0 Å². The van der Waals surface area contributed by atoms with Crippen LogP contribution in [-0.2, 0) is 6.54 Å². The molecule has 0 saturated heterocycles. The number of nitrogens with zero attached hydrogens (tertiary/aromatic N) is 2. The van der Waals surface area contributed by atoms with Gasteiger partial charge in [-0.1, -0.05) is 0 Å². The van der Waals surface area contributed by atoms with E-state index in [0.29, 0.717) is 18.1 Å². The second-order valence-corrected chi connectivity index (χ2v) is 3.08. The summed E-state index contributed by atoms with van der Waals surface area (Å²) in [7, 11) is 0.